The number of carbonyl (C=O) groups excluding carboxylic acids is 1. The van der Waals surface area contributed by atoms with Crippen LogP contribution in [0.25, 0.3) is 16.8 Å². The summed E-state index contributed by atoms with van der Waals surface area (Å²) in [5.41, 5.74) is 1.29. The van der Waals surface area contributed by atoms with Crippen LogP contribution in [0.15, 0.2) is 71.6 Å². The summed E-state index contributed by atoms with van der Waals surface area (Å²) in [6.07, 6.45) is 3.14. The molecule has 1 aliphatic heterocycles. The Kier molecular flexibility index (Phi) is 6.55. The number of nitrogens with zero attached hydrogens (tertiary/aromatic N) is 1. The second-order valence-corrected chi connectivity index (χ2v) is 9.28. The van der Waals surface area contributed by atoms with Crippen molar-refractivity contribution in [2.45, 2.75) is 4.90 Å². The third-order valence-electron chi connectivity index (χ3n) is 5.21. The van der Waals surface area contributed by atoms with E-state index in [1.807, 2.05) is 36.4 Å². The summed E-state index contributed by atoms with van der Waals surface area (Å²) in [6, 6.07) is 17.9. The Hall–Kier alpha value is -3.20. The number of rotatable bonds is 6. The van der Waals surface area contributed by atoms with Crippen molar-refractivity contribution in [3.63, 3.8) is 0 Å². The van der Waals surface area contributed by atoms with E-state index in [0.717, 1.165) is 22.1 Å². The SMILES string of the molecule is COc1ccc2cc(/C=C/C(=O)Nc3cccc(S(=O)(=O)N4CCOCC4)c3)ccc2c1. The average Bonchev–Trinajstić information content (AvgIpc) is 2.83. The van der Waals surface area contributed by atoms with Crippen molar-refractivity contribution >= 4 is 38.5 Å². The highest BCUT2D eigenvalue weighted by atomic mass is 32.2. The van der Waals surface area contributed by atoms with Crippen LogP contribution in [-0.2, 0) is 19.6 Å². The van der Waals surface area contributed by atoms with Gasteiger partial charge in [-0.05, 0) is 58.8 Å². The molecule has 0 atom stereocenters. The highest BCUT2D eigenvalue weighted by Gasteiger charge is 2.26. The number of methoxy groups -OCH3 is 1. The Morgan fingerprint density at radius 3 is 2.56 bits per heavy atom. The summed E-state index contributed by atoms with van der Waals surface area (Å²) >= 11 is 0. The molecule has 0 bridgehead atoms. The lowest BCUT2D eigenvalue weighted by Gasteiger charge is -2.26. The monoisotopic (exact) mass is 452 g/mol. The summed E-state index contributed by atoms with van der Waals surface area (Å²) < 4.78 is 37.5. The molecule has 32 heavy (non-hydrogen) atoms. The third-order valence-corrected chi connectivity index (χ3v) is 7.10. The minimum absolute atomic E-state index is 0.145. The minimum atomic E-state index is -3.63. The molecule has 1 amide bonds. The van der Waals surface area contributed by atoms with E-state index in [2.05, 4.69) is 5.32 Å². The number of hydrogen-bond donors (Lipinski definition) is 1. The molecule has 166 valence electrons. The molecule has 0 aromatic heterocycles. The van der Waals surface area contributed by atoms with Gasteiger partial charge in [0.1, 0.15) is 5.75 Å². The summed E-state index contributed by atoms with van der Waals surface area (Å²) in [6.45, 7) is 1.39. The Morgan fingerprint density at radius 2 is 1.78 bits per heavy atom. The maximum absolute atomic E-state index is 12.8. The van der Waals surface area contributed by atoms with E-state index < -0.39 is 10.0 Å². The average molecular weight is 453 g/mol. The maximum Gasteiger partial charge on any atom is 0.248 e. The Bertz CT molecular complexity index is 1260. The number of fused-ring (bicyclic) bond motifs is 1. The molecule has 7 nitrogen and oxygen atoms in total. The largest absolute Gasteiger partial charge is 0.497 e. The normalized spacial score (nSPS) is 15.2. The van der Waals surface area contributed by atoms with E-state index in [0.29, 0.717) is 32.0 Å². The number of benzene rings is 3. The van der Waals surface area contributed by atoms with Crippen LogP contribution in [0.5, 0.6) is 5.75 Å². The van der Waals surface area contributed by atoms with Crippen LogP contribution in [-0.4, -0.2) is 52.0 Å². The fourth-order valence-electron chi connectivity index (χ4n) is 3.50. The molecule has 3 aromatic rings. The number of carbonyl (C=O) groups is 1. The lowest BCUT2D eigenvalue weighted by molar-refractivity contribution is -0.111. The van der Waals surface area contributed by atoms with E-state index in [4.69, 9.17) is 9.47 Å². The highest BCUT2D eigenvalue weighted by molar-refractivity contribution is 7.89. The standard InChI is InChI=1S/C24H24N2O5S/c1-30-22-9-8-19-15-18(5-7-20(19)16-22)6-10-24(27)25-21-3-2-4-23(17-21)32(28,29)26-11-13-31-14-12-26/h2-10,15-17H,11-14H2,1H3,(H,25,27)/b10-6+. The molecule has 1 heterocycles. The van der Waals surface area contributed by atoms with Crippen LogP contribution in [0.3, 0.4) is 0 Å². The zero-order valence-corrected chi connectivity index (χ0v) is 18.5. The molecule has 8 heteroatoms. The van der Waals surface area contributed by atoms with E-state index in [1.54, 1.807) is 25.3 Å². The molecule has 3 aromatic carbocycles. The molecule has 0 saturated carbocycles. The predicted octanol–water partition coefficient (Wildman–Crippen LogP) is 3.52. The van der Waals surface area contributed by atoms with E-state index in [1.165, 1.54) is 22.5 Å². The number of hydrogen-bond acceptors (Lipinski definition) is 5. The van der Waals surface area contributed by atoms with Gasteiger partial charge in [0.2, 0.25) is 15.9 Å². The summed E-state index contributed by atoms with van der Waals surface area (Å²) in [5, 5.41) is 4.81. The number of amides is 1. The van der Waals surface area contributed by atoms with Gasteiger partial charge >= 0.3 is 0 Å². The smallest absolute Gasteiger partial charge is 0.248 e. The fraction of sp³-hybridized carbons (Fsp3) is 0.208. The summed E-state index contributed by atoms with van der Waals surface area (Å²) in [4.78, 5) is 12.5. The third kappa shape index (κ3) is 4.99. The van der Waals surface area contributed by atoms with Gasteiger partial charge in [-0.3, -0.25) is 4.79 Å². The Balaban J connectivity index is 1.45. The lowest BCUT2D eigenvalue weighted by atomic mass is 10.1. The van der Waals surface area contributed by atoms with Gasteiger partial charge in [-0.2, -0.15) is 4.31 Å². The zero-order valence-electron chi connectivity index (χ0n) is 17.7. The van der Waals surface area contributed by atoms with Gasteiger partial charge in [0.05, 0.1) is 25.2 Å². The zero-order chi connectivity index (χ0) is 22.6. The van der Waals surface area contributed by atoms with Crippen LogP contribution < -0.4 is 10.1 Å². The first-order valence-corrected chi connectivity index (χ1v) is 11.6. The molecule has 1 N–H and O–H groups in total. The second-order valence-electron chi connectivity index (χ2n) is 7.34. The molecule has 1 fully saturated rings. The van der Waals surface area contributed by atoms with Crippen molar-refractivity contribution < 1.29 is 22.7 Å². The van der Waals surface area contributed by atoms with Gasteiger partial charge in [0, 0.05) is 24.9 Å². The van der Waals surface area contributed by atoms with Crippen LogP contribution in [0, 0.1) is 0 Å². The van der Waals surface area contributed by atoms with Crippen LogP contribution in [0.4, 0.5) is 5.69 Å². The quantitative estimate of drug-likeness (QED) is 0.579. The molecule has 0 unspecified atom stereocenters. The minimum Gasteiger partial charge on any atom is -0.497 e. The van der Waals surface area contributed by atoms with E-state index in [9.17, 15) is 13.2 Å². The van der Waals surface area contributed by atoms with Crippen LogP contribution in [0.1, 0.15) is 5.56 Å². The summed E-state index contributed by atoms with van der Waals surface area (Å²) in [7, 11) is -2.00. The van der Waals surface area contributed by atoms with Crippen molar-refractivity contribution in [2.24, 2.45) is 0 Å². The van der Waals surface area contributed by atoms with Crippen molar-refractivity contribution in [1.29, 1.82) is 0 Å². The van der Waals surface area contributed by atoms with Crippen molar-refractivity contribution in [2.75, 3.05) is 38.7 Å². The van der Waals surface area contributed by atoms with Gasteiger partial charge in [-0.15, -0.1) is 0 Å². The van der Waals surface area contributed by atoms with Gasteiger partial charge in [-0.1, -0.05) is 24.3 Å². The predicted molar refractivity (Wildman–Crippen MR) is 124 cm³/mol. The number of morpholine rings is 1. The van der Waals surface area contributed by atoms with Crippen molar-refractivity contribution in [1.82, 2.24) is 4.31 Å². The summed E-state index contributed by atoms with van der Waals surface area (Å²) in [5.74, 6) is 0.443. The molecule has 4 rings (SSSR count). The first-order valence-electron chi connectivity index (χ1n) is 10.2. The first kappa shape index (κ1) is 22.0. The second kappa shape index (κ2) is 9.52. The van der Waals surface area contributed by atoms with Crippen LogP contribution in [0.2, 0.25) is 0 Å². The molecule has 0 radical (unpaired) electrons. The molecular weight excluding hydrogens is 428 g/mol. The fourth-order valence-corrected chi connectivity index (χ4v) is 4.95. The topological polar surface area (TPSA) is 84.9 Å². The number of sulfonamides is 1. The van der Waals surface area contributed by atoms with Crippen molar-refractivity contribution in [3.8, 4) is 5.75 Å². The van der Waals surface area contributed by atoms with Gasteiger partial charge in [0.25, 0.3) is 0 Å². The Labute approximate surface area is 187 Å². The number of anilines is 1. The van der Waals surface area contributed by atoms with Crippen molar-refractivity contribution in [3.05, 3.63) is 72.3 Å². The highest BCUT2D eigenvalue weighted by Crippen LogP contribution is 2.23. The molecular formula is C24H24N2O5S. The maximum atomic E-state index is 12.8. The van der Waals surface area contributed by atoms with Gasteiger partial charge < -0.3 is 14.8 Å². The molecule has 0 aliphatic carbocycles. The number of nitrogens with one attached hydrogen (secondary N) is 1. The first-order chi connectivity index (χ1) is 15.5. The number of ether oxygens (including phenoxy) is 2. The van der Waals surface area contributed by atoms with Crippen LogP contribution >= 0.6 is 0 Å². The molecule has 0 spiro atoms. The van der Waals surface area contributed by atoms with E-state index >= 15 is 0 Å². The lowest BCUT2D eigenvalue weighted by Crippen LogP contribution is -2.40. The molecule has 1 aliphatic rings. The molecule has 1 saturated heterocycles. The van der Waals surface area contributed by atoms with Gasteiger partial charge in [-0.25, -0.2) is 8.42 Å². The van der Waals surface area contributed by atoms with E-state index in [-0.39, 0.29) is 10.8 Å². The van der Waals surface area contributed by atoms with Gasteiger partial charge in [0.15, 0.2) is 0 Å². The Morgan fingerprint density at radius 1 is 1.03 bits per heavy atom.